The lowest BCUT2D eigenvalue weighted by atomic mass is 9.87. The van der Waals surface area contributed by atoms with Gasteiger partial charge in [-0.25, -0.2) is 0 Å². The number of nitrogens with zero attached hydrogens (tertiary/aromatic N) is 2. The molecule has 0 saturated carbocycles. The van der Waals surface area contributed by atoms with Gasteiger partial charge in [-0.1, -0.05) is 18.2 Å². The quantitative estimate of drug-likeness (QED) is 0.551. The largest absolute Gasteiger partial charge is 0.493 e. The molecule has 2 heterocycles. The van der Waals surface area contributed by atoms with Crippen LogP contribution in [0.5, 0.6) is 17.2 Å². The normalized spacial score (nSPS) is 14.6. The molecule has 0 spiro atoms. The molecule has 1 aromatic heterocycles. The number of allylic oxidation sites excluding steroid dienone is 1. The summed E-state index contributed by atoms with van der Waals surface area (Å²) < 4.78 is 22.8. The second-order valence-corrected chi connectivity index (χ2v) is 7.81. The van der Waals surface area contributed by atoms with Gasteiger partial charge < -0.3 is 29.3 Å². The van der Waals surface area contributed by atoms with Gasteiger partial charge >= 0.3 is 0 Å². The van der Waals surface area contributed by atoms with E-state index < -0.39 is 5.92 Å². The number of ether oxygens (including phenoxy) is 3. The highest BCUT2D eigenvalue weighted by atomic mass is 16.5. The number of nitrogens with two attached hydrogens (primary N) is 1. The van der Waals surface area contributed by atoms with E-state index in [0.717, 1.165) is 0 Å². The summed E-state index contributed by atoms with van der Waals surface area (Å²) in [5, 5.41) is 10.2. The van der Waals surface area contributed by atoms with Gasteiger partial charge in [0.05, 0.1) is 18.4 Å². The Balaban J connectivity index is 1.77. The summed E-state index contributed by atoms with van der Waals surface area (Å²) in [5.41, 5.74) is 6.70. The molecule has 1 amide bonds. The molecular weight excluding hydrogens is 450 g/mol. The lowest BCUT2D eigenvalue weighted by Crippen LogP contribution is -2.34. The van der Waals surface area contributed by atoms with Crippen LogP contribution < -0.4 is 25.4 Å². The summed E-state index contributed by atoms with van der Waals surface area (Å²) in [7, 11) is 1.47. The predicted molar refractivity (Wildman–Crippen MR) is 128 cm³/mol. The first-order chi connectivity index (χ1) is 16.9. The number of amides is 1. The Labute approximate surface area is 201 Å². The van der Waals surface area contributed by atoms with Crippen molar-refractivity contribution in [3.8, 4) is 23.3 Å². The van der Waals surface area contributed by atoms with Crippen LogP contribution in [0.2, 0.25) is 0 Å². The van der Waals surface area contributed by atoms with Crippen LogP contribution in [-0.2, 0) is 4.79 Å². The molecule has 1 atom stereocenters. The van der Waals surface area contributed by atoms with Gasteiger partial charge in [-0.2, -0.15) is 5.26 Å². The van der Waals surface area contributed by atoms with E-state index in [4.69, 9.17) is 24.4 Å². The fourth-order valence-electron chi connectivity index (χ4n) is 4.09. The van der Waals surface area contributed by atoms with E-state index in [1.54, 1.807) is 47.4 Å². The van der Waals surface area contributed by atoms with Gasteiger partial charge in [0.25, 0.3) is 5.91 Å². The van der Waals surface area contributed by atoms with Gasteiger partial charge in [-0.3, -0.25) is 9.59 Å². The predicted octanol–water partition coefficient (Wildman–Crippen LogP) is 3.27. The Morgan fingerprint density at radius 3 is 2.60 bits per heavy atom. The highest BCUT2D eigenvalue weighted by molar-refractivity contribution is 5.79. The molecule has 35 heavy (non-hydrogen) atoms. The third kappa shape index (κ3) is 4.26. The number of nitriles is 1. The summed E-state index contributed by atoms with van der Waals surface area (Å²) in [6, 6.07) is 13.9. The number of hydrogen-bond donors (Lipinski definition) is 1. The van der Waals surface area contributed by atoms with Gasteiger partial charge in [0.2, 0.25) is 17.1 Å². The summed E-state index contributed by atoms with van der Waals surface area (Å²) >= 11 is 0. The van der Waals surface area contributed by atoms with Crippen molar-refractivity contribution in [3.63, 3.8) is 0 Å². The standard InChI is InChI=1S/C26H25N3O6/c1-4-29(5-2)21(30)14-33-19-11-10-15(12-20(19)32-3)22-17(13-27)26(28)35-25-23(31)16-8-6-7-9-18(16)34-24(22)25/h6-12,22H,4-5,14,28H2,1-3H3. The van der Waals surface area contributed by atoms with Crippen LogP contribution in [0.15, 0.2) is 63.1 Å². The molecule has 1 aliphatic heterocycles. The maximum atomic E-state index is 13.1. The maximum absolute atomic E-state index is 13.1. The first kappa shape index (κ1) is 23.7. The van der Waals surface area contributed by atoms with Crippen LogP contribution >= 0.6 is 0 Å². The minimum absolute atomic E-state index is 0.0608. The van der Waals surface area contributed by atoms with E-state index in [0.29, 0.717) is 41.1 Å². The van der Waals surface area contributed by atoms with Crippen molar-refractivity contribution in [1.82, 2.24) is 4.90 Å². The van der Waals surface area contributed by atoms with Crippen LogP contribution in [0.1, 0.15) is 31.1 Å². The molecule has 180 valence electrons. The minimum Gasteiger partial charge on any atom is -0.493 e. The van der Waals surface area contributed by atoms with E-state index in [2.05, 4.69) is 6.07 Å². The molecule has 0 radical (unpaired) electrons. The van der Waals surface area contributed by atoms with Crippen molar-refractivity contribution in [3.05, 3.63) is 75.5 Å². The zero-order valence-electron chi connectivity index (χ0n) is 19.7. The Morgan fingerprint density at radius 1 is 1.17 bits per heavy atom. The fourth-order valence-corrected chi connectivity index (χ4v) is 4.09. The molecule has 9 heteroatoms. The minimum atomic E-state index is -0.804. The van der Waals surface area contributed by atoms with Gasteiger partial charge in [-0.15, -0.1) is 0 Å². The molecule has 9 nitrogen and oxygen atoms in total. The van der Waals surface area contributed by atoms with Crippen molar-refractivity contribution in [2.75, 3.05) is 26.8 Å². The van der Waals surface area contributed by atoms with Crippen LogP contribution in [0.25, 0.3) is 11.0 Å². The number of carbonyl (C=O) groups excluding carboxylic acids is 1. The number of rotatable bonds is 7. The maximum Gasteiger partial charge on any atom is 0.260 e. The lowest BCUT2D eigenvalue weighted by molar-refractivity contribution is -0.132. The summed E-state index contributed by atoms with van der Waals surface area (Å²) in [6.07, 6.45) is 0. The fraction of sp³-hybridized carbons (Fsp3) is 0.269. The van der Waals surface area contributed by atoms with E-state index >= 15 is 0 Å². The molecule has 0 aliphatic carbocycles. The molecule has 0 saturated heterocycles. The number of methoxy groups -OCH3 is 1. The van der Waals surface area contributed by atoms with E-state index in [9.17, 15) is 14.9 Å². The SMILES string of the molecule is CCN(CC)C(=O)COc1ccc(C2C(C#N)=C(N)Oc3c2oc2ccccc2c3=O)cc1OC. The Morgan fingerprint density at radius 2 is 1.91 bits per heavy atom. The highest BCUT2D eigenvalue weighted by Gasteiger charge is 2.36. The van der Waals surface area contributed by atoms with E-state index in [1.807, 2.05) is 13.8 Å². The molecule has 1 aliphatic rings. The Bertz CT molecular complexity index is 1410. The third-order valence-corrected chi connectivity index (χ3v) is 5.92. The molecular formula is C26H25N3O6. The second-order valence-electron chi connectivity index (χ2n) is 7.81. The summed E-state index contributed by atoms with van der Waals surface area (Å²) in [5.74, 6) is -0.295. The molecule has 3 aromatic rings. The Kier molecular flexibility index (Phi) is 6.64. The van der Waals surface area contributed by atoms with E-state index in [-0.39, 0.29) is 40.9 Å². The number of benzene rings is 2. The Hall–Kier alpha value is -4.45. The molecule has 0 fully saturated rings. The molecule has 2 N–H and O–H groups in total. The van der Waals surface area contributed by atoms with Gasteiger partial charge in [-0.05, 0) is 43.7 Å². The molecule has 4 rings (SSSR count). The zero-order chi connectivity index (χ0) is 25.1. The first-order valence-electron chi connectivity index (χ1n) is 11.1. The summed E-state index contributed by atoms with van der Waals surface area (Å²) in [4.78, 5) is 27.1. The highest BCUT2D eigenvalue weighted by Crippen LogP contribution is 2.43. The molecule has 0 bridgehead atoms. The van der Waals surface area contributed by atoms with Crippen LogP contribution in [0.4, 0.5) is 0 Å². The van der Waals surface area contributed by atoms with Crippen LogP contribution in [0.3, 0.4) is 0 Å². The number of likely N-dealkylation sites (N-methyl/N-ethyl adjacent to an activating group) is 1. The third-order valence-electron chi connectivity index (χ3n) is 5.92. The number of para-hydroxylation sites is 1. The van der Waals surface area contributed by atoms with Crippen molar-refractivity contribution >= 4 is 16.9 Å². The molecule has 1 unspecified atom stereocenters. The first-order valence-corrected chi connectivity index (χ1v) is 11.1. The van der Waals surface area contributed by atoms with Crippen molar-refractivity contribution in [2.24, 2.45) is 5.73 Å². The van der Waals surface area contributed by atoms with Crippen molar-refractivity contribution in [2.45, 2.75) is 19.8 Å². The van der Waals surface area contributed by atoms with Crippen molar-refractivity contribution < 1.29 is 23.4 Å². The van der Waals surface area contributed by atoms with Crippen LogP contribution in [0, 0.1) is 11.3 Å². The van der Waals surface area contributed by atoms with Gasteiger partial charge in [0.1, 0.15) is 17.2 Å². The number of hydrogen-bond acceptors (Lipinski definition) is 8. The van der Waals surface area contributed by atoms with Crippen LogP contribution in [-0.4, -0.2) is 37.6 Å². The average Bonchev–Trinajstić information content (AvgIpc) is 2.88. The topological polar surface area (TPSA) is 128 Å². The number of fused-ring (bicyclic) bond motifs is 2. The zero-order valence-corrected chi connectivity index (χ0v) is 19.7. The lowest BCUT2D eigenvalue weighted by Gasteiger charge is -2.25. The van der Waals surface area contributed by atoms with Crippen molar-refractivity contribution in [1.29, 1.82) is 5.26 Å². The molecule has 2 aromatic carbocycles. The average molecular weight is 476 g/mol. The summed E-state index contributed by atoms with van der Waals surface area (Å²) in [6.45, 7) is 4.83. The smallest absolute Gasteiger partial charge is 0.260 e. The monoisotopic (exact) mass is 475 g/mol. The second kappa shape index (κ2) is 9.81. The number of carbonyl (C=O) groups is 1. The van der Waals surface area contributed by atoms with Gasteiger partial charge in [0, 0.05) is 13.1 Å². The van der Waals surface area contributed by atoms with E-state index in [1.165, 1.54) is 7.11 Å². The van der Waals surface area contributed by atoms with Gasteiger partial charge in [0.15, 0.2) is 23.9 Å².